The number of fused-ring (bicyclic) bond motifs is 1. The largest absolute Gasteiger partial charge is 0.473 e. The Hall–Kier alpha value is -4.89. The van der Waals surface area contributed by atoms with E-state index in [-0.39, 0.29) is 5.92 Å². The molecule has 0 spiro atoms. The van der Waals surface area contributed by atoms with Gasteiger partial charge in [0.15, 0.2) is 0 Å². The summed E-state index contributed by atoms with van der Waals surface area (Å²) in [6, 6.07) is 29.8. The van der Waals surface area contributed by atoms with Gasteiger partial charge in [-0.25, -0.2) is 4.79 Å². The molecule has 48 heavy (non-hydrogen) atoms. The summed E-state index contributed by atoms with van der Waals surface area (Å²) in [5, 5.41) is 20.5. The van der Waals surface area contributed by atoms with Crippen LogP contribution in [-0.4, -0.2) is 38.1 Å². The Balaban J connectivity index is 1.21. The van der Waals surface area contributed by atoms with Crippen molar-refractivity contribution in [1.82, 2.24) is 20.1 Å². The highest BCUT2D eigenvalue weighted by molar-refractivity contribution is 5.95. The summed E-state index contributed by atoms with van der Waals surface area (Å²) >= 11 is 0. The van der Waals surface area contributed by atoms with Crippen LogP contribution in [0.1, 0.15) is 63.1 Å². The molecule has 1 aliphatic carbocycles. The molecule has 6 rings (SSSR count). The standard InChI is InChI=1S/C39H44N4O5/c1-38(2,3)48-37(44)40-24-27-19-21-39(45,22-20-27)30-15-16-31-33(23-30)43(4)42-35(31)32-17-18-34(46-25-28-11-7-5-8-12-28)41-36(32)47-26-29-13-9-6-10-14-29/h5-18,23,27,45H,19-22,24-26H2,1-4H3,(H,40,44). The number of nitrogens with zero attached hydrogens (tertiary/aromatic N) is 3. The Kier molecular flexibility index (Phi) is 9.68. The van der Waals surface area contributed by atoms with Crippen molar-refractivity contribution in [3.8, 4) is 23.0 Å². The molecule has 9 heteroatoms. The Morgan fingerprint density at radius 2 is 1.56 bits per heavy atom. The highest BCUT2D eigenvalue weighted by Gasteiger charge is 2.35. The quantitative estimate of drug-likeness (QED) is 0.160. The normalized spacial score (nSPS) is 18.0. The molecular weight excluding hydrogens is 604 g/mol. The van der Waals surface area contributed by atoms with Gasteiger partial charge in [0.05, 0.1) is 16.7 Å². The lowest BCUT2D eigenvalue weighted by molar-refractivity contribution is -0.0142. The first-order valence-corrected chi connectivity index (χ1v) is 16.6. The van der Waals surface area contributed by atoms with E-state index in [4.69, 9.17) is 24.3 Å². The third-order valence-corrected chi connectivity index (χ3v) is 8.79. The van der Waals surface area contributed by atoms with Crippen molar-refractivity contribution in [3.05, 3.63) is 108 Å². The average molecular weight is 649 g/mol. The summed E-state index contributed by atoms with van der Waals surface area (Å²) in [5.41, 5.74) is 3.86. The first-order chi connectivity index (χ1) is 23.1. The van der Waals surface area contributed by atoms with Gasteiger partial charge in [0.25, 0.3) is 0 Å². The molecule has 1 aliphatic rings. The Morgan fingerprint density at radius 3 is 2.21 bits per heavy atom. The molecule has 1 fully saturated rings. The van der Waals surface area contributed by atoms with Crippen LogP contribution in [0.3, 0.4) is 0 Å². The molecule has 0 saturated heterocycles. The number of pyridine rings is 1. The first-order valence-electron chi connectivity index (χ1n) is 16.6. The number of benzene rings is 3. The molecule has 0 unspecified atom stereocenters. The van der Waals surface area contributed by atoms with Crippen LogP contribution in [0.2, 0.25) is 0 Å². The zero-order chi connectivity index (χ0) is 33.7. The van der Waals surface area contributed by atoms with E-state index in [0.29, 0.717) is 44.4 Å². The molecule has 2 aromatic heterocycles. The summed E-state index contributed by atoms with van der Waals surface area (Å²) in [6.45, 7) is 6.83. The zero-order valence-electron chi connectivity index (χ0n) is 28.1. The Bertz CT molecular complexity index is 1840. The fraction of sp³-hybridized carbons (Fsp3) is 0.359. The van der Waals surface area contributed by atoms with E-state index in [9.17, 15) is 9.90 Å². The smallest absolute Gasteiger partial charge is 0.407 e. The predicted molar refractivity (Wildman–Crippen MR) is 186 cm³/mol. The van der Waals surface area contributed by atoms with Crippen LogP contribution in [0, 0.1) is 5.92 Å². The number of rotatable bonds is 10. The molecule has 2 heterocycles. The topological polar surface area (TPSA) is 108 Å². The van der Waals surface area contributed by atoms with Gasteiger partial charge in [-0.3, -0.25) is 4.68 Å². The van der Waals surface area contributed by atoms with Crippen LogP contribution < -0.4 is 14.8 Å². The van der Waals surface area contributed by atoms with Crippen molar-refractivity contribution < 1.29 is 24.1 Å². The SMILES string of the molecule is Cn1nc(-c2ccc(OCc3ccccc3)nc2OCc2ccccc2)c2ccc(C3(O)CCC(CNC(=O)OC(C)(C)C)CC3)cc21. The van der Waals surface area contributed by atoms with Gasteiger partial charge >= 0.3 is 6.09 Å². The fourth-order valence-electron chi connectivity index (χ4n) is 6.19. The third kappa shape index (κ3) is 7.97. The summed E-state index contributed by atoms with van der Waals surface area (Å²) in [4.78, 5) is 16.9. The highest BCUT2D eigenvalue weighted by Crippen LogP contribution is 2.42. The number of nitrogens with one attached hydrogen (secondary N) is 1. The Labute approximate surface area is 281 Å². The lowest BCUT2D eigenvalue weighted by atomic mass is 9.75. The van der Waals surface area contributed by atoms with Crippen molar-refractivity contribution in [2.45, 2.75) is 70.9 Å². The summed E-state index contributed by atoms with van der Waals surface area (Å²) < 4.78 is 19.6. The molecule has 0 aliphatic heterocycles. The van der Waals surface area contributed by atoms with E-state index in [0.717, 1.165) is 51.7 Å². The number of carbonyl (C=O) groups excluding carboxylic acids is 1. The van der Waals surface area contributed by atoms with Gasteiger partial charge < -0.3 is 24.6 Å². The van der Waals surface area contributed by atoms with Crippen LogP contribution >= 0.6 is 0 Å². The maximum atomic E-state index is 12.1. The van der Waals surface area contributed by atoms with E-state index in [1.54, 1.807) is 0 Å². The van der Waals surface area contributed by atoms with Crippen LogP contribution in [0.25, 0.3) is 22.2 Å². The van der Waals surface area contributed by atoms with Gasteiger partial charge in [-0.05, 0) is 81.2 Å². The molecule has 0 bridgehead atoms. The maximum absolute atomic E-state index is 12.1. The first kappa shape index (κ1) is 33.0. The molecular formula is C39H44N4O5. The second-order valence-corrected chi connectivity index (χ2v) is 13.6. The predicted octanol–water partition coefficient (Wildman–Crippen LogP) is 7.70. The van der Waals surface area contributed by atoms with Crippen molar-refractivity contribution in [2.24, 2.45) is 13.0 Å². The number of carbonyl (C=O) groups is 1. The lowest BCUT2D eigenvalue weighted by Gasteiger charge is -2.36. The number of alkyl carbamates (subject to hydrolysis) is 1. The maximum Gasteiger partial charge on any atom is 0.407 e. The number of amides is 1. The molecule has 5 aromatic rings. The third-order valence-electron chi connectivity index (χ3n) is 8.79. The minimum Gasteiger partial charge on any atom is -0.473 e. The monoisotopic (exact) mass is 648 g/mol. The van der Waals surface area contributed by atoms with Gasteiger partial charge in [-0.1, -0.05) is 72.8 Å². The minimum absolute atomic E-state index is 0.284. The summed E-state index contributed by atoms with van der Waals surface area (Å²) in [7, 11) is 1.91. The number of ether oxygens (including phenoxy) is 3. The highest BCUT2D eigenvalue weighted by atomic mass is 16.6. The van der Waals surface area contributed by atoms with Crippen LogP contribution in [0.15, 0.2) is 91.0 Å². The van der Waals surface area contributed by atoms with E-state index in [2.05, 4.69) is 5.32 Å². The fourth-order valence-corrected chi connectivity index (χ4v) is 6.19. The molecule has 0 atom stereocenters. The zero-order valence-corrected chi connectivity index (χ0v) is 28.1. The second kappa shape index (κ2) is 14.1. The van der Waals surface area contributed by atoms with E-state index in [1.807, 2.05) is 123 Å². The molecule has 9 nitrogen and oxygen atoms in total. The summed E-state index contributed by atoms with van der Waals surface area (Å²) in [6.07, 6.45) is 2.41. The van der Waals surface area contributed by atoms with Gasteiger partial charge in [-0.15, -0.1) is 0 Å². The van der Waals surface area contributed by atoms with Crippen LogP contribution in [0.5, 0.6) is 11.8 Å². The van der Waals surface area contributed by atoms with Crippen LogP contribution in [0.4, 0.5) is 4.79 Å². The molecule has 250 valence electrons. The van der Waals surface area contributed by atoms with Gasteiger partial charge in [-0.2, -0.15) is 10.1 Å². The molecule has 1 amide bonds. The van der Waals surface area contributed by atoms with Gasteiger partial charge in [0, 0.05) is 25.0 Å². The van der Waals surface area contributed by atoms with Gasteiger partial charge in [0.2, 0.25) is 11.8 Å². The molecule has 3 aromatic carbocycles. The van der Waals surface area contributed by atoms with Gasteiger partial charge in [0.1, 0.15) is 24.5 Å². The number of hydrogen-bond acceptors (Lipinski definition) is 7. The van der Waals surface area contributed by atoms with Crippen molar-refractivity contribution in [3.63, 3.8) is 0 Å². The van der Waals surface area contributed by atoms with Crippen LogP contribution in [-0.2, 0) is 30.6 Å². The molecule has 1 saturated carbocycles. The number of aryl methyl sites for hydroxylation is 1. The van der Waals surface area contributed by atoms with E-state index < -0.39 is 17.3 Å². The van der Waals surface area contributed by atoms with Crippen molar-refractivity contribution >= 4 is 17.0 Å². The summed E-state index contributed by atoms with van der Waals surface area (Å²) in [5.74, 6) is 1.18. The Morgan fingerprint density at radius 1 is 0.917 bits per heavy atom. The average Bonchev–Trinajstić information content (AvgIpc) is 3.41. The minimum atomic E-state index is -0.954. The number of hydrogen-bond donors (Lipinski definition) is 2. The molecule has 0 radical (unpaired) electrons. The number of aromatic nitrogens is 3. The van der Waals surface area contributed by atoms with E-state index in [1.165, 1.54) is 0 Å². The van der Waals surface area contributed by atoms with E-state index >= 15 is 0 Å². The molecule has 2 N–H and O–H groups in total. The van der Waals surface area contributed by atoms with Crippen molar-refractivity contribution in [2.75, 3.05) is 6.54 Å². The second-order valence-electron chi connectivity index (χ2n) is 13.6. The number of aliphatic hydroxyl groups is 1. The van der Waals surface area contributed by atoms with Crippen molar-refractivity contribution in [1.29, 1.82) is 0 Å². The lowest BCUT2D eigenvalue weighted by Crippen LogP contribution is -2.38.